The van der Waals surface area contributed by atoms with Gasteiger partial charge in [-0.05, 0) is 6.92 Å². The number of phosphoric acid groups is 2. The van der Waals surface area contributed by atoms with Crippen LogP contribution in [0.15, 0.2) is 6.33 Å². The number of rotatable bonds is 6. The van der Waals surface area contributed by atoms with Crippen LogP contribution in [0.4, 0.5) is 5.82 Å². The van der Waals surface area contributed by atoms with E-state index in [2.05, 4.69) is 23.8 Å². The molecule has 0 aromatic carbocycles. The first-order valence-corrected chi connectivity index (χ1v) is 10.6. The maximum Gasteiger partial charge on any atom is 0.481 e. The molecule has 0 aliphatic carbocycles. The molecule has 1 unspecified atom stereocenters. The fourth-order valence-corrected chi connectivity index (χ4v) is 4.26. The van der Waals surface area contributed by atoms with Gasteiger partial charge in [0.15, 0.2) is 17.7 Å². The Morgan fingerprint density at radius 3 is 2.57 bits per heavy atom. The van der Waals surface area contributed by atoms with Crippen LogP contribution in [0.2, 0.25) is 0 Å². The molecule has 1 fully saturated rings. The van der Waals surface area contributed by atoms with E-state index in [4.69, 9.17) is 20.3 Å². The number of aliphatic hydroxyl groups is 2. The van der Waals surface area contributed by atoms with E-state index in [1.54, 1.807) is 6.92 Å². The van der Waals surface area contributed by atoms with E-state index in [0.29, 0.717) is 5.82 Å². The van der Waals surface area contributed by atoms with Gasteiger partial charge in [0, 0.05) is 0 Å². The van der Waals surface area contributed by atoms with Crippen molar-refractivity contribution in [2.24, 2.45) is 0 Å². The van der Waals surface area contributed by atoms with Gasteiger partial charge in [-0.25, -0.2) is 24.1 Å². The Bertz CT molecular complexity index is 978. The largest absolute Gasteiger partial charge is 0.481 e. The number of hydrogen-bond donors (Lipinski definition) is 6. The topological polar surface area (TPSA) is 233 Å². The highest BCUT2D eigenvalue weighted by Crippen LogP contribution is 2.57. The van der Waals surface area contributed by atoms with E-state index in [-0.39, 0.29) is 17.0 Å². The minimum atomic E-state index is -5.29. The second kappa shape index (κ2) is 7.39. The predicted molar refractivity (Wildman–Crippen MR) is 89.3 cm³/mol. The molecule has 156 valence electrons. The maximum absolute atomic E-state index is 11.5. The van der Waals surface area contributed by atoms with Gasteiger partial charge in [0.05, 0.1) is 12.9 Å². The highest BCUT2D eigenvalue weighted by atomic mass is 31.3. The molecule has 17 heteroatoms. The third-order valence-electron chi connectivity index (χ3n) is 3.78. The van der Waals surface area contributed by atoms with Gasteiger partial charge < -0.3 is 35.4 Å². The number of phosphoric ester groups is 1. The summed E-state index contributed by atoms with van der Waals surface area (Å²) in [5, 5.41) is 20.4. The zero-order valence-corrected chi connectivity index (χ0v) is 15.9. The van der Waals surface area contributed by atoms with Crippen molar-refractivity contribution in [2.75, 3.05) is 12.3 Å². The van der Waals surface area contributed by atoms with Crippen molar-refractivity contribution in [2.45, 2.75) is 31.5 Å². The van der Waals surface area contributed by atoms with Gasteiger partial charge in [-0.15, -0.1) is 0 Å². The van der Waals surface area contributed by atoms with Gasteiger partial charge >= 0.3 is 15.6 Å². The second-order valence-electron chi connectivity index (χ2n) is 5.86. The van der Waals surface area contributed by atoms with Crippen molar-refractivity contribution < 1.29 is 47.6 Å². The SMILES string of the molecule is Cc1nc(N)c2ncn([C@@H]3O[C@H](COP(=O)(O)OP(=O)(O)O)[C@@H](O)[C@H]3O)c2n1. The number of nitrogens with two attached hydrogens (primary N) is 1. The molecule has 0 spiro atoms. The standard InChI is InChI=1S/C11H17N5O10P2/c1-4-14-9(12)6-10(15-4)16(3-13-6)11-8(18)7(17)5(25-11)2-24-28(22,23)26-27(19,20)21/h3,5,7-8,11,17-18H,2H2,1H3,(H,22,23)(H2,12,14,15)(H2,19,20,21)/t5-,7-,8-,11-/m1/s1. The summed E-state index contributed by atoms with van der Waals surface area (Å²) in [4.78, 5) is 38.6. The van der Waals surface area contributed by atoms with Gasteiger partial charge in [-0.1, -0.05) is 0 Å². The molecule has 0 radical (unpaired) electrons. The Balaban J connectivity index is 1.78. The number of aromatic nitrogens is 4. The third kappa shape index (κ3) is 4.39. The van der Waals surface area contributed by atoms with Crippen molar-refractivity contribution in [3.05, 3.63) is 12.2 Å². The molecular weight excluding hydrogens is 424 g/mol. The molecule has 1 aliphatic rings. The number of nitrogens with zero attached hydrogens (tertiary/aromatic N) is 4. The van der Waals surface area contributed by atoms with E-state index in [0.717, 1.165) is 0 Å². The van der Waals surface area contributed by atoms with Gasteiger partial charge in [0.1, 0.15) is 29.7 Å². The fourth-order valence-electron chi connectivity index (χ4n) is 2.66. The smallest absolute Gasteiger partial charge is 0.387 e. The molecule has 2 aromatic heterocycles. The second-order valence-corrected chi connectivity index (χ2v) is 8.69. The van der Waals surface area contributed by atoms with Crippen LogP contribution in [0.1, 0.15) is 12.1 Å². The highest BCUT2D eigenvalue weighted by molar-refractivity contribution is 7.60. The summed E-state index contributed by atoms with van der Waals surface area (Å²) in [5.74, 6) is 0.431. The monoisotopic (exact) mass is 441 g/mol. The molecule has 15 nitrogen and oxygen atoms in total. The Morgan fingerprint density at radius 1 is 1.25 bits per heavy atom. The average molecular weight is 441 g/mol. The Labute approximate surface area is 156 Å². The van der Waals surface area contributed by atoms with Crippen LogP contribution < -0.4 is 5.73 Å². The van der Waals surface area contributed by atoms with Crippen LogP contribution in [0.3, 0.4) is 0 Å². The summed E-state index contributed by atoms with van der Waals surface area (Å²) in [6, 6.07) is 0. The number of ether oxygens (including phenoxy) is 1. The normalized spacial score (nSPS) is 27.9. The Hall–Kier alpha value is -1.51. The highest BCUT2D eigenvalue weighted by Gasteiger charge is 2.46. The van der Waals surface area contributed by atoms with Crippen molar-refractivity contribution in [1.29, 1.82) is 0 Å². The lowest BCUT2D eigenvalue weighted by molar-refractivity contribution is -0.0503. The first kappa shape index (κ1) is 21.2. The summed E-state index contributed by atoms with van der Waals surface area (Å²) in [6.07, 6.45) is -4.37. The summed E-state index contributed by atoms with van der Waals surface area (Å²) in [6.45, 7) is 0.773. The number of aliphatic hydroxyl groups excluding tert-OH is 2. The van der Waals surface area contributed by atoms with Gasteiger partial charge in [0.2, 0.25) is 0 Å². The minimum absolute atomic E-state index is 0.102. The molecule has 0 saturated carbocycles. The van der Waals surface area contributed by atoms with Crippen LogP contribution in [0.25, 0.3) is 11.2 Å². The summed E-state index contributed by atoms with van der Waals surface area (Å²) >= 11 is 0. The summed E-state index contributed by atoms with van der Waals surface area (Å²) < 4.78 is 37.0. The number of fused-ring (bicyclic) bond motifs is 1. The third-order valence-corrected chi connectivity index (χ3v) is 5.93. The molecule has 1 saturated heterocycles. The molecule has 0 bridgehead atoms. The molecule has 2 aromatic rings. The van der Waals surface area contributed by atoms with Crippen LogP contribution in [-0.4, -0.2) is 69.3 Å². The van der Waals surface area contributed by atoms with E-state index in [9.17, 15) is 24.2 Å². The van der Waals surface area contributed by atoms with E-state index in [1.165, 1.54) is 10.9 Å². The van der Waals surface area contributed by atoms with Crippen LogP contribution in [0.5, 0.6) is 0 Å². The van der Waals surface area contributed by atoms with Crippen molar-refractivity contribution in [3.63, 3.8) is 0 Å². The van der Waals surface area contributed by atoms with E-state index in [1.807, 2.05) is 0 Å². The van der Waals surface area contributed by atoms with Crippen LogP contribution in [0, 0.1) is 6.92 Å². The van der Waals surface area contributed by atoms with Crippen molar-refractivity contribution in [1.82, 2.24) is 19.5 Å². The first-order valence-electron chi connectivity index (χ1n) is 7.60. The van der Waals surface area contributed by atoms with Gasteiger partial charge in [0.25, 0.3) is 0 Å². The fraction of sp³-hybridized carbons (Fsp3) is 0.545. The minimum Gasteiger partial charge on any atom is -0.387 e. The number of hydrogen-bond acceptors (Lipinski definition) is 11. The Kier molecular flexibility index (Phi) is 5.59. The molecular formula is C11H17N5O10P2. The molecule has 5 atom stereocenters. The lowest BCUT2D eigenvalue weighted by atomic mass is 10.1. The number of imidazole rings is 1. The zero-order chi connectivity index (χ0) is 20.9. The van der Waals surface area contributed by atoms with Crippen LogP contribution >= 0.6 is 15.6 Å². The molecule has 3 rings (SSSR count). The lowest BCUT2D eigenvalue weighted by Gasteiger charge is -2.17. The van der Waals surface area contributed by atoms with Gasteiger partial charge in [-0.2, -0.15) is 4.31 Å². The summed E-state index contributed by atoms with van der Waals surface area (Å²) in [7, 11) is -10.4. The average Bonchev–Trinajstić information content (AvgIpc) is 3.06. The molecule has 7 N–H and O–H groups in total. The van der Waals surface area contributed by atoms with E-state index >= 15 is 0 Å². The molecule has 28 heavy (non-hydrogen) atoms. The lowest BCUT2D eigenvalue weighted by Crippen LogP contribution is -2.33. The zero-order valence-electron chi connectivity index (χ0n) is 14.1. The van der Waals surface area contributed by atoms with E-state index < -0.39 is 46.8 Å². The van der Waals surface area contributed by atoms with Gasteiger partial charge in [-0.3, -0.25) is 9.09 Å². The summed E-state index contributed by atoms with van der Waals surface area (Å²) in [5.41, 5.74) is 6.23. The van der Waals surface area contributed by atoms with Crippen molar-refractivity contribution in [3.8, 4) is 0 Å². The Morgan fingerprint density at radius 2 is 1.93 bits per heavy atom. The molecule has 3 heterocycles. The first-order chi connectivity index (χ1) is 12.9. The van der Waals surface area contributed by atoms with Crippen molar-refractivity contribution >= 4 is 32.6 Å². The number of anilines is 1. The van der Waals surface area contributed by atoms with Crippen LogP contribution in [-0.2, 0) is 22.7 Å². The molecule has 0 amide bonds. The number of nitrogen functional groups attached to an aromatic ring is 1. The quantitative estimate of drug-likeness (QED) is 0.282. The predicted octanol–water partition coefficient (Wildman–Crippen LogP) is -1.44. The molecule has 1 aliphatic heterocycles. The maximum atomic E-state index is 11.5. The number of aryl methyl sites for hydroxylation is 1.